The molecule has 11 heteroatoms. The molecule has 3 rings (SSSR count). The number of oxazole rings is 1. The Kier molecular flexibility index (Phi) is 9.29. The summed E-state index contributed by atoms with van der Waals surface area (Å²) in [5, 5.41) is 7.65. The number of aliphatic imine (C=N–C) groups is 1. The summed E-state index contributed by atoms with van der Waals surface area (Å²) in [5.74, 6) is 1.08. The first-order valence-corrected chi connectivity index (χ1v) is 10.3. The third kappa shape index (κ3) is 7.49. The summed E-state index contributed by atoms with van der Waals surface area (Å²) in [7, 11) is 0. The van der Waals surface area contributed by atoms with E-state index < -0.39 is 11.9 Å². The second-order valence-corrected chi connectivity index (χ2v) is 7.45. The van der Waals surface area contributed by atoms with Gasteiger partial charge in [0.15, 0.2) is 11.7 Å². The number of benzene rings is 1. The van der Waals surface area contributed by atoms with E-state index in [0.717, 1.165) is 27.8 Å². The second-order valence-electron chi connectivity index (χ2n) is 6.51. The number of hydrogen-bond donors (Lipinski definition) is 2. The van der Waals surface area contributed by atoms with Crippen LogP contribution in [0.2, 0.25) is 0 Å². The highest BCUT2D eigenvalue weighted by atomic mass is 127. The Morgan fingerprint density at radius 1 is 1.16 bits per heavy atom. The van der Waals surface area contributed by atoms with Crippen molar-refractivity contribution in [2.45, 2.75) is 33.0 Å². The monoisotopic (exact) mass is 565 g/mol. The Balaban J connectivity index is 0.00000341. The van der Waals surface area contributed by atoms with Crippen LogP contribution in [0.3, 0.4) is 0 Å². The third-order valence-electron chi connectivity index (χ3n) is 4.07. The van der Waals surface area contributed by atoms with Gasteiger partial charge in [0.25, 0.3) is 0 Å². The molecule has 0 amide bonds. The third-order valence-corrected chi connectivity index (χ3v) is 4.98. The maximum Gasteiger partial charge on any atom is 0.434 e. The quantitative estimate of drug-likeness (QED) is 0.239. The van der Waals surface area contributed by atoms with Gasteiger partial charge in [-0.3, -0.25) is 0 Å². The summed E-state index contributed by atoms with van der Waals surface area (Å²) < 4.78 is 43.4. The lowest BCUT2D eigenvalue weighted by molar-refractivity contribution is -0.140. The molecule has 0 fully saturated rings. The fraction of sp³-hybridized carbons (Fsp3) is 0.350. The molecule has 0 aliphatic carbocycles. The number of hydrogen-bond acceptors (Lipinski definition) is 5. The first-order valence-electron chi connectivity index (χ1n) is 9.40. The van der Waals surface area contributed by atoms with Crippen molar-refractivity contribution in [2.75, 3.05) is 13.1 Å². The van der Waals surface area contributed by atoms with E-state index in [0.29, 0.717) is 48.6 Å². The molecular formula is C20H23F3IN5OS. The van der Waals surface area contributed by atoms with E-state index in [4.69, 9.17) is 4.42 Å². The van der Waals surface area contributed by atoms with Crippen LogP contribution in [0.1, 0.15) is 28.9 Å². The minimum Gasteiger partial charge on any atom is -0.444 e. The predicted octanol–water partition coefficient (Wildman–Crippen LogP) is 5.04. The molecule has 0 atom stereocenters. The molecule has 2 aromatic heterocycles. The van der Waals surface area contributed by atoms with Crippen LogP contribution in [0.15, 0.2) is 45.3 Å². The van der Waals surface area contributed by atoms with Crippen molar-refractivity contribution in [2.24, 2.45) is 4.99 Å². The van der Waals surface area contributed by atoms with Crippen molar-refractivity contribution < 1.29 is 17.6 Å². The number of rotatable bonds is 7. The van der Waals surface area contributed by atoms with Crippen molar-refractivity contribution >= 4 is 41.3 Å². The summed E-state index contributed by atoms with van der Waals surface area (Å²) in [4.78, 5) is 12.5. The second kappa shape index (κ2) is 11.5. The highest BCUT2D eigenvalue weighted by Gasteiger charge is 2.33. The average molecular weight is 565 g/mol. The predicted molar refractivity (Wildman–Crippen MR) is 126 cm³/mol. The standard InChI is InChI=1S/C20H22F3N5OS.HI/c1-3-24-19(25-9-8-17-28-16(12-30-17)20(21,22)23)26-10-15-11-29-18(27-15)14-6-4-13(2)5-7-14;/h4-7,11-12H,3,8-10H2,1-2H3,(H2,24,25,26);1H. The fourth-order valence-corrected chi connectivity index (χ4v) is 3.36. The molecule has 168 valence electrons. The number of nitrogens with one attached hydrogen (secondary N) is 2. The molecule has 2 heterocycles. The summed E-state index contributed by atoms with van der Waals surface area (Å²) >= 11 is 0.999. The van der Waals surface area contributed by atoms with Crippen molar-refractivity contribution in [3.8, 4) is 11.5 Å². The zero-order valence-electron chi connectivity index (χ0n) is 17.0. The summed E-state index contributed by atoms with van der Waals surface area (Å²) in [6.07, 6.45) is -2.48. The van der Waals surface area contributed by atoms with Gasteiger partial charge in [-0.15, -0.1) is 35.3 Å². The van der Waals surface area contributed by atoms with E-state index in [-0.39, 0.29) is 24.0 Å². The lowest BCUT2D eigenvalue weighted by atomic mass is 10.1. The molecule has 0 bridgehead atoms. The normalized spacial score (nSPS) is 11.8. The SMILES string of the molecule is CCNC(=NCc1coc(-c2ccc(C)cc2)n1)NCCc1nc(C(F)(F)F)cs1.I. The van der Waals surface area contributed by atoms with Gasteiger partial charge in [0, 0.05) is 30.5 Å². The van der Waals surface area contributed by atoms with Gasteiger partial charge in [0.05, 0.1) is 11.6 Å². The molecule has 2 N–H and O–H groups in total. The zero-order valence-corrected chi connectivity index (χ0v) is 20.1. The first-order chi connectivity index (χ1) is 14.3. The van der Waals surface area contributed by atoms with Crippen molar-refractivity contribution in [3.63, 3.8) is 0 Å². The summed E-state index contributed by atoms with van der Waals surface area (Å²) in [6, 6.07) is 7.88. The lowest BCUT2D eigenvalue weighted by Crippen LogP contribution is -2.38. The number of guanidine groups is 1. The average Bonchev–Trinajstić information content (AvgIpc) is 3.36. The van der Waals surface area contributed by atoms with Gasteiger partial charge in [0.1, 0.15) is 12.0 Å². The van der Waals surface area contributed by atoms with E-state index in [1.807, 2.05) is 38.1 Å². The van der Waals surface area contributed by atoms with E-state index in [2.05, 4.69) is 25.6 Å². The van der Waals surface area contributed by atoms with Gasteiger partial charge in [-0.1, -0.05) is 17.7 Å². The number of nitrogens with zero attached hydrogens (tertiary/aromatic N) is 3. The van der Waals surface area contributed by atoms with Crippen LogP contribution < -0.4 is 10.6 Å². The number of halogens is 4. The molecule has 0 unspecified atom stereocenters. The van der Waals surface area contributed by atoms with Gasteiger partial charge in [0.2, 0.25) is 5.89 Å². The maximum absolute atomic E-state index is 12.6. The summed E-state index contributed by atoms with van der Waals surface area (Å²) in [6.45, 7) is 5.30. The molecule has 0 saturated heterocycles. The van der Waals surface area contributed by atoms with Crippen LogP contribution in [-0.2, 0) is 19.1 Å². The molecule has 1 aromatic carbocycles. The van der Waals surface area contributed by atoms with Crippen LogP contribution >= 0.6 is 35.3 Å². The molecular weight excluding hydrogens is 542 g/mol. The van der Waals surface area contributed by atoms with Crippen molar-refractivity contribution in [1.82, 2.24) is 20.6 Å². The fourth-order valence-electron chi connectivity index (χ4n) is 2.55. The van der Waals surface area contributed by atoms with Crippen molar-refractivity contribution in [1.29, 1.82) is 0 Å². The number of thiazole rings is 1. The summed E-state index contributed by atoms with van der Waals surface area (Å²) in [5.41, 5.74) is 1.88. The Morgan fingerprint density at radius 2 is 1.90 bits per heavy atom. The molecule has 0 aliphatic rings. The van der Waals surface area contributed by atoms with Crippen LogP contribution in [0, 0.1) is 6.92 Å². The van der Waals surface area contributed by atoms with Crippen molar-refractivity contribution in [3.05, 3.63) is 57.9 Å². The Hall–Kier alpha value is -2.15. The van der Waals surface area contributed by atoms with Crippen LogP contribution in [0.4, 0.5) is 13.2 Å². The number of aryl methyl sites for hydroxylation is 1. The Morgan fingerprint density at radius 3 is 2.55 bits per heavy atom. The van der Waals surface area contributed by atoms with E-state index >= 15 is 0 Å². The molecule has 3 aromatic rings. The highest BCUT2D eigenvalue weighted by molar-refractivity contribution is 14.0. The maximum atomic E-state index is 12.6. The van der Waals surface area contributed by atoms with Gasteiger partial charge < -0.3 is 15.1 Å². The van der Waals surface area contributed by atoms with Gasteiger partial charge in [-0.05, 0) is 26.0 Å². The lowest BCUT2D eigenvalue weighted by Gasteiger charge is -2.10. The molecule has 0 radical (unpaired) electrons. The van der Waals surface area contributed by atoms with Crippen LogP contribution in [0.5, 0.6) is 0 Å². The zero-order chi connectivity index (χ0) is 21.6. The highest BCUT2D eigenvalue weighted by Crippen LogP contribution is 2.30. The molecule has 0 saturated carbocycles. The minimum absolute atomic E-state index is 0. The van der Waals surface area contributed by atoms with Gasteiger partial charge in [-0.25, -0.2) is 15.0 Å². The van der Waals surface area contributed by atoms with E-state index in [1.54, 1.807) is 6.26 Å². The van der Waals surface area contributed by atoms with Gasteiger partial charge >= 0.3 is 6.18 Å². The van der Waals surface area contributed by atoms with Crippen LogP contribution in [0.25, 0.3) is 11.5 Å². The molecule has 31 heavy (non-hydrogen) atoms. The number of aromatic nitrogens is 2. The molecule has 0 aliphatic heterocycles. The minimum atomic E-state index is -4.41. The smallest absolute Gasteiger partial charge is 0.434 e. The van der Waals surface area contributed by atoms with Crippen LogP contribution in [-0.4, -0.2) is 29.0 Å². The van der Waals surface area contributed by atoms with Gasteiger partial charge in [-0.2, -0.15) is 13.2 Å². The molecule has 6 nitrogen and oxygen atoms in total. The van der Waals surface area contributed by atoms with E-state index in [1.165, 1.54) is 0 Å². The largest absolute Gasteiger partial charge is 0.444 e. The number of alkyl halides is 3. The topological polar surface area (TPSA) is 75.3 Å². The molecule has 0 spiro atoms. The van der Waals surface area contributed by atoms with E-state index in [9.17, 15) is 13.2 Å². The first kappa shape index (κ1) is 25.1. The Bertz CT molecular complexity index is 985. The Labute approximate surface area is 199 Å².